The van der Waals surface area contributed by atoms with Crippen LogP contribution in [0.3, 0.4) is 0 Å². The standard InChI is InChI=1S/C12H20BrNOS2/c1-3-9(14)12(16-8(2)6-7-15)10-4-5-11(13)17-10/h4-5,8-9,12,15H,3,6-7,14H2,1-2H3. The fourth-order valence-electron chi connectivity index (χ4n) is 1.57. The second-order valence-electron chi connectivity index (χ2n) is 4.09. The number of aliphatic hydroxyl groups excluding tert-OH is 1. The molecule has 17 heavy (non-hydrogen) atoms. The van der Waals surface area contributed by atoms with Crippen LogP contribution in [0.15, 0.2) is 15.9 Å². The van der Waals surface area contributed by atoms with E-state index in [0.717, 1.165) is 16.6 Å². The van der Waals surface area contributed by atoms with Crippen molar-refractivity contribution in [3.63, 3.8) is 0 Å². The second-order valence-corrected chi connectivity index (χ2v) is 8.17. The maximum Gasteiger partial charge on any atom is 0.0701 e. The Hall–Kier alpha value is 0.450. The summed E-state index contributed by atoms with van der Waals surface area (Å²) in [5, 5.41) is 9.74. The van der Waals surface area contributed by atoms with E-state index >= 15 is 0 Å². The van der Waals surface area contributed by atoms with E-state index in [2.05, 4.69) is 41.9 Å². The molecule has 3 unspecified atom stereocenters. The molecule has 0 radical (unpaired) electrons. The first-order chi connectivity index (χ1) is 8.08. The minimum Gasteiger partial charge on any atom is -0.396 e. The molecule has 0 aliphatic carbocycles. The van der Waals surface area contributed by atoms with Gasteiger partial charge in [0.2, 0.25) is 0 Å². The predicted molar refractivity (Wildman–Crippen MR) is 81.8 cm³/mol. The monoisotopic (exact) mass is 337 g/mol. The van der Waals surface area contributed by atoms with Crippen molar-refractivity contribution >= 4 is 39.0 Å². The number of rotatable bonds is 7. The van der Waals surface area contributed by atoms with E-state index in [1.807, 2.05) is 11.8 Å². The molecule has 0 aliphatic heterocycles. The van der Waals surface area contributed by atoms with Gasteiger partial charge in [-0.05, 0) is 40.9 Å². The third kappa shape index (κ3) is 4.91. The largest absolute Gasteiger partial charge is 0.396 e. The molecule has 1 heterocycles. The quantitative estimate of drug-likeness (QED) is 0.795. The first-order valence-electron chi connectivity index (χ1n) is 5.85. The second kappa shape index (κ2) is 7.79. The molecule has 0 spiro atoms. The molecule has 2 nitrogen and oxygen atoms in total. The van der Waals surface area contributed by atoms with Crippen LogP contribution in [0.4, 0.5) is 0 Å². The fraction of sp³-hybridized carbons (Fsp3) is 0.667. The summed E-state index contributed by atoms with van der Waals surface area (Å²) in [6.45, 7) is 4.52. The maximum atomic E-state index is 8.97. The van der Waals surface area contributed by atoms with Crippen molar-refractivity contribution in [1.29, 1.82) is 0 Å². The Labute approximate surface area is 120 Å². The molecular weight excluding hydrogens is 318 g/mol. The maximum absolute atomic E-state index is 8.97. The molecule has 1 rings (SSSR count). The minimum absolute atomic E-state index is 0.173. The fourth-order valence-corrected chi connectivity index (χ4v) is 4.72. The number of nitrogens with two attached hydrogens (primary N) is 1. The van der Waals surface area contributed by atoms with Crippen LogP contribution in [0.25, 0.3) is 0 Å². The number of hydrogen-bond acceptors (Lipinski definition) is 4. The normalized spacial score (nSPS) is 16.8. The van der Waals surface area contributed by atoms with Crippen LogP contribution in [0.1, 0.15) is 36.8 Å². The zero-order valence-corrected chi connectivity index (χ0v) is 13.4. The van der Waals surface area contributed by atoms with Crippen molar-refractivity contribution in [2.24, 2.45) is 5.73 Å². The van der Waals surface area contributed by atoms with Gasteiger partial charge in [0.25, 0.3) is 0 Å². The summed E-state index contributed by atoms with van der Waals surface area (Å²) < 4.78 is 1.15. The van der Waals surface area contributed by atoms with Crippen molar-refractivity contribution in [1.82, 2.24) is 0 Å². The highest BCUT2D eigenvalue weighted by molar-refractivity contribution is 9.11. The Balaban J connectivity index is 2.74. The Morgan fingerprint density at radius 2 is 2.24 bits per heavy atom. The van der Waals surface area contributed by atoms with Crippen molar-refractivity contribution < 1.29 is 5.11 Å². The lowest BCUT2D eigenvalue weighted by atomic mass is 10.1. The van der Waals surface area contributed by atoms with Crippen LogP contribution in [-0.2, 0) is 0 Å². The lowest BCUT2D eigenvalue weighted by molar-refractivity contribution is 0.288. The van der Waals surface area contributed by atoms with Gasteiger partial charge < -0.3 is 10.8 Å². The molecular formula is C12H20BrNOS2. The molecule has 0 saturated heterocycles. The zero-order valence-electron chi connectivity index (χ0n) is 10.2. The molecule has 0 aliphatic rings. The summed E-state index contributed by atoms with van der Waals surface area (Å²) in [6.07, 6.45) is 1.79. The van der Waals surface area contributed by atoms with Gasteiger partial charge in [0.15, 0.2) is 0 Å². The molecule has 0 fully saturated rings. The SMILES string of the molecule is CCC(N)C(SC(C)CCO)c1ccc(Br)s1. The first kappa shape index (κ1) is 15.5. The number of thioether (sulfide) groups is 1. The topological polar surface area (TPSA) is 46.2 Å². The van der Waals surface area contributed by atoms with Crippen molar-refractivity contribution in [2.75, 3.05) is 6.61 Å². The highest BCUT2D eigenvalue weighted by Gasteiger charge is 2.23. The number of aliphatic hydroxyl groups is 1. The smallest absolute Gasteiger partial charge is 0.0701 e. The molecule has 0 bridgehead atoms. The minimum atomic E-state index is 0.173. The van der Waals surface area contributed by atoms with Gasteiger partial charge in [0.05, 0.1) is 9.04 Å². The molecule has 3 N–H and O–H groups in total. The molecule has 0 amide bonds. The summed E-state index contributed by atoms with van der Waals surface area (Å²) in [5.74, 6) is 0. The Bertz CT molecular complexity index is 332. The highest BCUT2D eigenvalue weighted by atomic mass is 79.9. The van der Waals surface area contributed by atoms with E-state index in [-0.39, 0.29) is 12.6 Å². The third-order valence-electron chi connectivity index (χ3n) is 2.65. The molecule has 1 aromatic rings. The van der Waals surface area contributed by atoms with Gasteiger partial charge in [-0.15, -0.1) is 23.1 Å². The van der Waals surface area contributed by atoms with Crippen LogP contribution < -0.4 is 5.73 Å². The van der Waals surface area contributed by atoms with E-state index in [0.29, 0.717) is 10.5 Å². The lowest BCUT2D eigenvalue weighted by Crippen LogP contribution is -2.26. The van der Waals surface area contributed by atoms with Crippen LogP contribution in [-0.4, -0.2) is 23.0 Å². The van der Waals surface area contributed by atoms with Crippen LogP contribution in [0.5, 0.6) is 0 Å². The van der Waals surface area contributed by atoms with Gasteiger partial charge in [-0.3, -0.25) is 0 Å². The molecule has 5 heteroatoms. The zero-order chi connectivity index (χ0) is 12.8. The number of halogens is 1. The Kier molecular flexibility index (Phi) is 7.11. The summed E-state index contributed by atoms with van der Waals surface area (Å²) in [5.41, 5.74) is 6.21. The van der Waals surface area contributed by atoms with Crippen LogP contribution >= 0.6 is 39.0 Å². The van der Waals surface area contributed by atoms with E-state index < -0.39 is 0 Å². The highest BCUT2D eigenvalue weighted by Crippen LogP contribution is 2.40. The van der Waals surface area contributed by atoms with Crippen molar-refractivity contribution in [3.8, 4) is 0 Å². The van der Waals surface area contributed by atoms with Crippen LogP contribution in [0, 0.1) is 0 Å². The molecule has 1 aromatic heterocycles. The van der Waals surface area contributed by atoms with Gasteiger partial charge in [-0.25, -0.2) is 0 Å². The number of hydrogen-bond donors (Lipinski definition) is 2. The van der Waals surface area contributed by atoms with Crippen molar-refractivity contribution in [3.05, 3.63) is 20.8 Å². The van der Waals surface area contributed by atoms with Gasteiger partial charge in [-0.2, -0.15) is 0 Å². The van der Waals surface area contributed by atoms with Gasteiger partial charge in [0, 0.05) is 22.8 Å². The summed E-state index contributed by atoms with van der Waals surface area (Å²) >= 11 is 7.12. The lowest BCUT2D eigenvalue weighted by Gasteiger charge is -2.24. The van der Waals surface area contributed by atoms with E-state index in [9.17, 15) is 0 Å². The summed E-state index contributed by atoms with van der Waals surface area (Å²) in [7, 11) is 0. The Morgan fingerprint density at radius 3 is 2.71 bits per heavy atom. The van der Waals surface area contributed by atoms with Gasteiger partial charge in [-0.1, -0.05) is 13.8 Å². The third-order valence-corrected chi connectivity index (χ3v) is 6.10. The van der Waals surface area contributed by atoms with E-state index in [1.54, 1.807) is 11.3 Å². The average molecular weight is 338 g/mol. The van der Waals surface area contributed by atoms with E-state index in [1.165, 1.54) is 4.88 Å². The predicted octanol–water partition coefficient (Wildman–Crippen LogP) is 3.79. The summed E-state index contributed by atoms with van der Waals surface area (Å²) in [6, 6.07) is 4.40. The summed E-state index contributed by atoms with van der Waals surface area (Å²) in [4.78, 5) is 1.32. The number of thiophene rings is 1. The van der Waals surface area contributed by atoms with Gasteiger partial charge >= 0.3 is 0 Å². The molecule has 0 saturated carbocycles. The van der Waals surface area contributed by atoms with E-state index in [4.69, 9.17) is 10.8 Å². The van der Waals surface area contributed by atoms with Gasteiger partial charge in [0.1, 0.15) is 0 Å². The Morgan fingerprint density at radius 1 is 1.53 bits per heavy atom. The first-order valence-corrected chi connectivity index (χ1v) is 8.40. The average Bonchev–Trinajstić information content (AvgIpc) is 2.72. The molecule has 0 aromatic carbocycles. The van der Waals surface area contributed by atoms with Crippen LogP contribution in [0.2, 0.25) is 0 Å². The molecule has 3 atom stereocenters. The molecule has 98 valence electrons. The van der Waals surface area contributed by atoms with Crippen molar-refractivity contribution in [2.45, 2.75) is 43.2 Å².